The van der Waals surface area contributed by atoms with Gasteiger partial charge in [-0.25, -0.2) is 9.59 Å². The number of nitriles is 1. The van der Waals surface area contributed by atoms with Crippen molar-refractivity contribution in [3.63, 3.8) is 0 Å². The minimum atomic E-state index is -1.87. The van der Waals surface area contributed by atoms with Gasteiger partial charge in [0.2, 0.25) is 17.7 Å². The molecule has 4 bridgehead atoms. The van der Waals surface area contributed by atoms with E-state index in [-0.39, 0.29) is 85.8 Å². The number of unbranched alkanes of at least 4 members (excludes halogenated alkanes) is 1. The fourth-order valence-corrected chi connectivity index (χ4v) is 21.1. The lowest BCUT2D eigenvalue weighted by atomic mass is 9.83. The lowest BCUT2D eigenvalue weighted by molar-refractivity contribution is -0.162. The average molecular weight is 2080 g/mol. The summed E-state index contributed by atoms with van der Waals surface area (Å²) in [7, 11) is 5.95. The number of alkyl carbamates (subject to hydrolysis) is 1. The van der Waals surface area contributed by atoms with Crippen molar-refractivity contribution in [2.24, 2.45) is 28.8 Å². The molecule has 9 aromatic rings. The molecule has 1 saturated carbocycles. The number of amides is 4. The van der Waals surface area contributed by atoms with E-state index < -0.39 is 90.1 Å². The van der Waals surface area contributed by atoms with Crippen LogP contribution >= 0.6 is 23.4 Å². The van der Waals surface area contributed by atoms with E-state index >= 15 is 0 Å². The van der Waals surface area contributed by atoms with E-state index in [2.05, 4.69) is 118 Å². The predicted molar refractivity (Wildman–Crippen MR) is 569 cm³/mol. The average Bonchev–Trinajstić information content (AvgIpc) is 1.57. The quantitative estimate of drug-likeness (QED) is 0.00317. The Bertz CT molecular complexity index is 6120. The first-order valence-electron chi connectivity index (χ1n) is 51.1. The number of rotatable bonds is 43. The number of epoxide rings is 1. The van der Waals surface area contributed by atoms with Crippen LogP contribution in [0.5, 0.6) is 11.5 Å². The SMILES string of the molecule is COc1cc2cc(c1Cl)N(C)C(=O)C[C@H](OC(=O)[C@H](C)N(C)C(=O)CCS/C(=C\C#N)c1ccc(CC(=O)OCC3C4CCC#CCCC43)cc1)[C@]1(C)O[C@H]1C(C)[C@@H]1C[C@@](O)(NC(=O)O1)[C@H](OC)/C=C/C=C(\C)C2.[N-]=[N+]=NC[C@H]1O[C@H](CC(=O)CCCC(=O)N(CCCCOc2cc(CN(Cc3ccccn3)Cc3ccccn3)cc(CN(Cc3ccccn3)Cc3ccccn3)c2)Cc2ccc(-c3ccccc3)cc2)[C@H](O)[C@@H]1O. The number of pyridine rings is 4. The Labute approximate surface area is 885 Å². The number of aromatic nitrogens is 4. The summed E-state index contributed by atoms with van der Waals surface area (Å²) in [5, 5.41) is 48.5. The number of aliphatic hydroxyl groups is 3. The summed E-state index contributed by atoms with van der Waals surface area (Å²) >= 11 is 8.14. The normalized spacial score (nSPS) is 23.1. The Morgan fingerprint density at radius 1 is 0.740 bits per heavy atom. The molecule has 15 rings (SSSR count). The third-order valence-electron chi connectivity index (χ3n) is 28.4. The van der Waals surface area contributed by atoms with Gasteiger partial charge in [-0.3, -0.25) is 59.0 Å². The highest BCUT2D eigenvalue weighted by Crippen LogP contribution is 2.53. The molecule has 34 heteroatoms. The molecule has 3 unspecified atom stereocenters. The standard InChI is InChI=1S/C60H66N10O6.C56H67ClN4O12S/c61-67-66-37-57-60(74)59(73)56(76-57)36-54(71)21-14-22-58(72)70(40-45-23-25-49(26-24-45)48-15-2-1-3-16-48)31-12-13-32-75-55-34-46(38-68(41-50-17-4-8-27-62-50)42-51-18-5-9-28-63-51)33-47(35-55)39-69(43-52-19-6-10-29-64-52)44-53-20-7-11-30-65-53;1-33-14-13-17-46(69-8)56(67)31-44(71-54(66)59-56)34(2)52-55(4,73-52)47(30-49(63)61(6)42-27-37(26-33)28-43(68-7)51(42)57)72-53(65)35(3)60(5)48(62)23-25-74-45(22-24-58)38-20-18-36(19-21-38)29-50(64)70-32-41-39-15-11-9-10-12-16-40(39)41/h1-11,15-20,23-30,33-35,56-57,59-60,73-74H,12-14,21-22,31-32,36-44H2;13-14,17-22,27-28,34-35,39-41,44,46-47,52,67H,11-12,15-16,23,25-26,29-32H2,1-8H3,(H,59,66)/b;17-13+,33-14+,45-22-/t56-,57-,59+,60-;34?,35-,39?,40?,41?,44-,46+,47-,52-,55-,56-/m10/s1. The summed E-state index contributed by atoms with van der Waals surface area (Å²) in [6.45, 7) is 12.2. The summed E-state index contributed by atoms with van der Waals surface area (Å²) in [6, 6.07) is 60.7. The number of aliphatic hydroxyl groups excluding tert-OH is 2. The van der Waals surface area contributed by atoms with Crippen LogP contribution in [0.25, 0.3) is 26.5 Å². The molecule has 32 nitrogen and oxygen atoms in total. The maximum atomic E-state index is 14.4. The lowest BCUT2D eigenvalue weighted by Gasteiger charge is -2.42. The summed E-state index contributed by atoms with van der Waals surface area (Å²) in [4.78, 5) is 126. The number of Topliss-reactive ketones (excluding diaryl/α,β-unsaturated/α-hetero) is 1. The molecule has 4 N–H and O–H groups in total. The van der Waals surface area contributed by atoms with E-state index in [0.717, 1.165) is 104 Å². The highest BCUT2D eigenvalue weighted by molar-refractivity contribution is 8.08. The Balaban J connectivity index is 0.000000236. The zero-order chi connectivity index (χ0) is 106. The number of thioether (sulfide) groups is 1. The molecule has 0 radical (unpaired) electrons. The molecule has 2 aliphatic carbocycles. The van der Waals surface area contributed by atoms with E-state index in [1.807, 2.05) is 158 Å². The van der Waals surface area contributed by atoms with Crippen LogP contribution in [0.1, 0.15) is 167 Å². The molecule has 6 aliphatic rings. The Morgan fingerprint density at radius 2 is 1.34 bits per heavy atom. The number of anilines is 1. The molecule has 4 amide bonds. The van der Waals surface area contributed by atoms with Gasteiger partial charge in [-0.1, -0.05) is 157 Å². The topological polar surface area (TPSA) is 410 Å². The molecule has 4 aromatic heterocycles. The minimum Gasteiger partial charge on any atom is -0.495 e. The Hall–Kier alpha value is -13.5. The summed E-state index contributed by atoms with van der Waals surface area (Å²) < 4.78 is 47.5. The van der Waals surface area contributed by atoms with Gasteiger partial charge in [0.1, 0.15) is 64.5 Å². The largest absolute Gasteiger partial charge is 0.495 e. The third kappa shape index (κ3) is 31.8. The van der Waals surface area contributed by atoms with Gasteiger partial charge >= 0.3 is 18.0 Å². The molecule has 4 fully saturated rings. The number of carbonyl (C=O) groups excluding carboxylic acids is 7. The number of methoxy groups -OCH3 is 2. The number of halogens is 1. The maximum Gasteiger partial charge on any atom is 0.409 e. The van der Waals surface area contributed by atoms with Crippen LogP contribution in [-0.2, 0) is 116 Å². The molecule has 8 heterocycles. The molecule has 5 aromatic carbocycles. The first-order chi connectivity index (χ1) is 72.5. The molecular weight excluding hydrogens is 1940 g/mol. The van der Waals surface area contributed by atoms with Crippen molar-refractivity contribution in [3.05, 3.63) is 308 Å². The Morgan fingerprint density at radius 3 is 1.93 bits per heavy atom. The van der Waals surface area contributed by atoms with E-state index in [0.29, 0.717) is 125 Å². The first kappa shape index (κ1) is 112. The van der Waals surface area contributed by atoms with Crippen LogP contribution in [0.3, 0.4) is 0 Å². The number of ketones is 1. The zero-order valence-electron chi connectivity index (χ0n) is 86.1. The number of hydrogen-bond donors (Lipinski definition) is 4. The van der Waals surface area contributed by atoms with Crippen LogP contribution < -0.4 is 19.7 Å². The molecule has 4 aliphatic heterocycles. The molecule has 14 atom stereocenters. The van der Waals surface area contributed by atoms with Gasteiger partial charge in [0.05, 0.1) is 92.6 Å². The van der Waals surface area contributed by atoms with Crippen molar-refractivity contribution >= 4 is 75.5 Å². The van der Waals surface area contributed by atoms with Gasteiger partial charge in [0.15, 0.2) is 5.72 Å². The molecule has 3 saturated heterocycles. The number of hydrogen-bond acceptors (Lipinski definition) is 27. The first-order valence-corrected chi connectivity index (χ1v) is 52.5. The van der Waals surface area contributed by atoms with Gasteiger partial charge in [-0.2, -0.15) is 5.26 Å². The highest BCUT2D eigenvalue weighted by Gasteiger charge is 2.65. The number of nitrogens with one attached hydrogen (secondary N) is 1. The van der Waals surface area contributed by atoms with Gasteiger partial charge in [0.25, 0.3) is 0 Å². The van der Waals surface area contributed by atoms with Gasteiger partial charge in [0, 0.05) is 171 Å². The van der Waals surface area contributed by atoms with Crippen molar-refractivity contribution in [2.45, 2.75) is 236 Å². The van der Waals surface area contributed by atoms with Crippen molar-refractivity contribution in [3.8, 4) is 40.5 Å². The van der Waals surface area contributed by atoms with Crippen molar-refractivity contribution in [2.75, 3.05) is 65.3 Å². The monoisotopic (exact) mass is 2080 g/mol. The number of nitrogens with zero attached hydrogens (tertiary/aromatic N) is 13. The lowest BCUT2D eigenvalue weighted by Crippen LogP contribution is -2.63. The predicted octanol–water partition coefficient (Wildman–Crippen LogP) is 17.2. The fraction of sp³-hybridized carbons (Fsp3) is 0.431. The zero-order valence-corrected chi connectivity index (χ0v) is 87.7. The number of ether oxygens (including phenoxy) is 8. The van der Waals surface area contributed by atoms with E-state index in [1.54, 1.807) is 45.2 Å². The number of fused-ring (bicyclic) bond motifs is 6. The second kappa shape index (κ2) is 54.8. The number of carbonyl (C=O) groups is 7. The van der Waals surface area contributed by atoms with E-state index in [4.69, 9.17) is 55.0 Å². The number of benzene rings is 5. The van der Waals surface area contributed by atoms with E-state index in [1.165, 1.54) is 55.8 Å². The van der Waals surface area contributed by atoms with Crippen LogP contribution in [0, 0.1) is 46.8 Å². The molecule has 788 valence electrons. The molecule has 0 spiro atoms. The smallest absolute Gasteiger partial charge is 0.409 e. The van der Waals surface area contributed by atoms with Crippen LogP contribution in [0.15, 0.2) is 242 Å². The number of azide groups is 1. The van der Waals surface area contributed by atoms with E-state index in [9.17, 15) is 54.1 Å². The van der Waals surface area contributed by atoms with Gasteiger partial charge < -0.3 is 67.9 Å². The minimum absolute atomic E-state index is 0.00791. The summed E-state index contributed by atoms with van der Waals surface area (Å²) in [5.41, 5.74) is 18.3. The van der Waals surface area contributed by atoms with Crippen molar-refractivity contribution in [1.29, 1.82) is 5.26 Å². The van der Waals surface area contributed by atoms with Crippen molar-refractivity contribution < 1.29 is 86.8 Å². The van der Waals surface area contributed by atoms with Crippen LogP contribution in [0.2, 0.25) is 5.02 Å². The number of esters is 2. The van der Waals surface area contributed by atoms with Crippen LogP contribution in [-0.4, -0.2) is 223 Å². The second-order valence-corrected chi connectivity index (χ2v) is 40.8. The fourth-order valence-electron chi connectivity index (χ4n) is 19.8. The number of allylic oxidation sites excluding steroid dienone is 4. The maximum absolute atomic E-state index is 14.4. The third-order valence-corrected chi connectivity index (χ3v) is 29.8. The highest BCUT2D eigenvalue weighted by atomic mass is 35.5. The molecule has 150 heavy (non-hydrogen) atoms. The Kier molecular flexibility index (Phi) is 41.0. The van der Waals surface area contributed by atoms with Gasteiger partial charge in [-0.05, 0) is 200 Å². The molecular formula is C116H133ClN14O18S. The van der Waals surface area contributed by atoms with Gasteiger partial charge in [-0.15, -0.1) is 23.6 Å². The summed E-state index contributed by atoms with van der Waals surface area (Å²) in [5.74, 6) is 6.62. The summed E-state index contributed by atoms with van der Waals surface area (Å²) in [6.07, 6.45) is 10.8. The second-order valence-electron chi connectivity index (χ2n) is 39.3. The van der Waals surface area contributed by atoms with Crippen molar-refractivity contribution in [1.82, 2.24) is 44.9 Å². The van der Waals surface area contributed by atoms with Crippen LogP contribution in [0.4, 0.5) is 10.5 Å². The number of likely N-dealkylation sites (N-methyl/N-ethyl adjacent to an activating group) is 1.